The first kappa shape index (κ1) is 30.2. The van der Waals surface area contributed by atoms with Crippen molar-refractivity contribution in [2.75, 3.05) is 72.6 Å². The average Bonchev–Trinajstić information content (AvgIpc) is 2.83. The zero-order valence-electron chi connectivity index (χ0n) is 20.3. The van der Waals surface area contributed by atoms with Crippen LogP contribution < -0.4 is 17.2 Å². The lowest BCUT2D eigenvalue weighted by Gasteiger charge is -2.33. The number of methoxy groups -OCH3 is 1. The van der Waals surface area contributed by atoms with Crippen molar-refractivity contribution < 1.29 is 27.8 Å². The van der Waals surface area contributed by atoms with Gasteiger partial charge in [0.2, 0.25) is 0 Å². The quantitative estimate of drug-likeness (QED) is 0.175. The molecule has 0 bridgehead atoms. The molecule has 33 heavy (non-hydrogen) atoms. The highest BCUT2D eigenvalue weighted by atomic mass is 31.2. The molecule has 0 saturated heterocycles. The molecule has 1 unspecified atom stereocenters. The molecule has 0 aliphatic heterocycles. The molecule has 1 rings (SSSR count). The van der Waals surface area contributed by atoms with Gasteiger partial charge in [-0.3, -0.25) is 4.57 Å². The Bertz CT molecular complexity index is 652. The topological polar surface area (TPSA) is 141 Å². The Labute approximate surface area is 199 Å². The third-order valence-corrected chi connectivity index (χ3v) is 6.95. The van der Waals surface area contributed by atoms with Gasteiger partial charge in [0.15, 0.2) is 0 Å². The van der Waals surface area contributed by atoms with Crippen molar-refractivity contribution in [2.45, 2.75) is 32.7 Å². The minimum Gasteiger partial charge on any atom is -0.384 e. The number of rotatable bonds is 21. The molecule has 0 aromatic heterocycles. The standard InChI is InChI=1S/C23H44N3O6P/c1-3-4-12-31-33(27,15-9-21-5-7-22(16-26)8-6-21)32-20-23(17-28-2,18-29-13-10-24)19-30-14-11-25/h5-8H,3-4,9-20,24-26H2,1-2H3. The predicted octanol–water partition coefficient (Wildman–Crippen LogP) is 2.30. The summed E-state index contributed by atoms with van der Waals surface area (Å²) in [7, 11) is -1.77. The Balaban J connectivity index is 2.92. The first-order valence-electron chi connectivity index (χ1n) is 11.7. The monoisotopic (exact) mass is 489 g/mol. The normalized spacial score (nSPS) is 13.8. The van der Waals surface area contributed by atoms with E-state index in [-0.39, 0.29) is 26.0 Å². The molecule has 192 valence electrons. The molecule has 0 aliphatic rings. The third-order valence-electron chi connectivity index (χ3n) is 5.08. The van der Waals surface area contributed by atoms with Crippen LogP contribution in [0, 0.1) is 5.41 Å². The van der Waals surface area contributed by atoms with E-state index in [9.17, 15) is 4.57 Å². The van der Waals surface area contributed by atoms with E-state index in [0.29, 0.717) is 52.5 Å². The Hall–Kier alpha value is -0.870. The van der Waals surface area contributed by atoms with Gasteiger partial charge in [-0.25, -0.2) is 0 Å². The van der Waals surface area contributed by atoms with Gasteiger partial charge in [-0.2, -0.15) is 0 Å². The summed E-state index contributed by atoms with van der Waals surface area (Å²) in [5.41, 5.74) is 18.3. The van der Waals surface area contributed by atoms with E-state index in [1.807, 2.05) is 24.3 Å². The van der Waals surface area contributed by atoms with Gasteiger partial charge in [-0.15, -0.1) is 0 Å². The number of hydrogen-bond donors (Lipinski definition) is 3. The smallest absolute Gasteiger partial charge is 0.331 e. The van der Waals surface area contributed by atoms with Gasteiger partial charge in [0.1, 0.15) is 0 Å². The summed E-state index contributed by atoms with van der Waals surface area (Å²) in [6.07, 6.45) is 2.59. The first-order valence-corrected chi connectivity index (χ1v) is 13.4. The number of unbranched alkanes of at least 4 members (excludes halogenated alkanes) is 1. The molecule has 0 heterocycles. The van der Waals surface area contributed by atoms with Crippen LogP contribution in [0.4, 0.5) is 0 Å². The largest absolute Gasteiger partial charge is 0.384 e. The summed E-state index contributed by atoms with van der Waals surface area (Å²) in [6, 6.07) is 7.95. The molecule has 1 atom stereocenters. The number of nitrogens with two attached hydrogens (primary N) is 3. The molecular formula is C23H44N3O6P. The van der Waals surface area contributed by atoms with Gasteiger partial charge in [-0.05, 0) is 24.0 Å². The van der Waals surface area contributed by atoms with Crippen LogP contribution in [0.3, 0.4) is 0 Å². The summed E-state index contributed by atoms with van der Waals surface area (Å²) in [4.78, 5) is 0. The van der Waals surface area contributed by atoms with Crippen molar-refractivity contribution in [1.82, 2.24) is 0 Å². The fourth-order valence-corrected chi connectivity index (χ4v) is 4.90. The molecule has 9 nitrogen and oxygen atoms in total. The second kappa shape index (κ2) is 17.5. The van der Waals surface area contributed by atoms with Crippen molar-refractivity contribution in [3.05, 3.63) is 35.4 Å². The van der Waals surface area contributed by atoms with Crippen LogP contribution in [0.2, 0.25) is 0 Å². The van der Waals surface area contributed by atoms with Gasteiger partial charge in [0.25, 0.3) is 0 Å². The molecule has 0 spiro atoms. The van der Waals surface area contributed by atoms with Crippen LogP contribution in [0.5, 0.6) is 0 Å². The molecule has 0 aliphatic carbocycles. The van der Waals surface area contributed by atoms with Gasteiger partial charge in [0, 0.05) is 26.7 Å². The van der Waals surface area contributed by atoms with E-state index in [0.717, 1.165) is 24.0 Å². The van der Waals surface area contributed by atoms with Gasteiger partial charge >= 0.3 is 7.60 Å². The number of hydrogen-bond acceptors (Lipinski definition) is 9. The van der Waals surface area contributed by atoms with E-state index >= 15 is 0 Å². The zero-order chi connectivity index (χ0) is 24.4. The summed E-state index contributed by atoms with van der Waals surface area (Å²) in [5.74, 6) is 0. The number of benzene rings is 1. The van der Waals surface area contributed by atoms with Crippen LogP contribution >= 0.6 is 7.60 Å². The maximum absolute atomic E-state index is 13.7. The van der Waals surface area contributed by atoms with E-state index in [1.165, 1.54) is 0 Å². The fraction of sp³-hybridized carbons (Fsp3) is 0.739. The molecule has 0 amide bonds. The predicted molar refractivity (Wildman–Crippen MR) is 131 cm³/mol. The molecule has 0 saturated carbocycles. The van der Waals surface area contributed by atoms with E-state index < -0.39 is 13.0 Å². The molecule has 10 heteroatoms. The Morgan fingerprint density at radius 2 is 1.45 bits per heavy atom. The fourth-order valence-electron chi connectivity index (χ4n) is 3.16. The lowest BCUT2D eigenvalue weighted by molar-refractivity contribution is -0.0799. The van der Waals surface area contributed by atoms with Crippen LogP contribution in [-0.2, 0) is 40.8 Å². The SMILES string of the molecule is CCCCOP(=O)(CCc1ccc(CN)cc1)OCC(COC)(COCCN)COCCN. The maximum atomic E-state index is 13.7. The van der Waals surface area contributed by atoms with Crippen molar-refractivity contribution >= 4 is 7.60 Å². The lowest BCUT2D eigenvalue weighted by atomic mass is 9.92. The third kappa shape index (κ3) is 12.4. The Morgan fingerprint density at radius 1 is 0.848 bits per heavy atom. The van der Waals surface area contributed by atoms with Gasteiger partial charge in [0.05, 0.1) is 57.8 Å². The highest BCUT2D eigenvalue weighted by Crippen LogP contribution is 2.50. The molecule has 1 aromatic rings. The zero-order valence-corrected chi connectivity index (χ0v) is 21.2. The summed E-state index contributed by atoms with van der Waals surface area (Å²) >= 11 is 0. The van der Waals surface area contributed by atoms with Crippen LogP contribution in [0.1, 0.15) is 30.9 Å². The van der Waals surface area contributed by atoms with Crippen molar-refractivity contribution in [3.63, 3.8) is 0 Å². The molecule has 1 aromatic carbocycles. The van der Waals surface area contributed by atoms with Crippen LogP contribution in [0.25, 0.3) is 0 Å². The van der Waals surface area contributed by atoms with E-state index in [4.69, 9.17) is 40.5 Å². The second-order valence-electron chi connectivity index (χ2n) is 8.18. The van der Waals surface area contributed by atoms with E-state index in [2.05, 4.69) is 6.92 Å². The summed E-state index contributed by atoms with van der Waals surface area (Å²) in [5, 5.41) is 0. The Morgan fingerprint density at radius 3 is 1.97 bits per heavy atom. The second-order valence-corrected chi connectivity index (χ2v) is 10.4. The molecule has 6 N–H and O–H groups in total. The summed E-state index contributed by atoms with van der Waals surface area (Å²) < 4.78 is 42.4. The molecular weight excluding hydrogens is 445 g/mol. The molecule has 0 fully saturated rings. The van der Waals surface area contributed by atoms with Crippen molar-refractivity contribution in [3.8, 4) is 0 Å². The first-order chi connectivity index (χ1) is 16.0. The minimum absolute atomic E-state index is 0.103. The van der Waals surface area contributed by atoms with E-state index in [1.54, 1.807) is 7.11 Å². The molecule has 0 radical (unpaired) electrons. The van der Waals surface area contributed by atoms with Crippen molar-refractivity contribution in [1.29, 1.82) is 0 Å². The van der Waals surface area contributed by atoms with Gasteiger partial charge < -0.3 is 40.5 Å². The lowest BCUT2D eigenvalue weighted by Crippen LogP contribution is -2.42. The van der Waals surface area contributed by atoms with Crippen LogP contribution in [0.15, 0.2) is 24.3 Å². The number of aryl methyl sites for hydroxylation is 1. The number of ether oxygens (including phenoxy) is 3. The van der Waals surface area contributed by atoms with Crippen molar-refractivity contribution in [2.24, 2.45) is 22.6 Å². The highest BCUT2D eigenvalue weighted by Gasteiger charge is 2.36. The van der Waals surface area contributed by atoms with Gasteiger partial charge in [-0.1, -0.05) is 37.6 Å². The highest BCUT2D eigenvalue weighted by molar-refractivity contribution is 7.53. The minimum atomic E-state index is -3.37. The van der Waals surface area contributed by atoms with Crippen LogP contribution in [-0.4, -0.2) is 72.6 Å². The maximum Gasteiger partial charge on any atom is 0.331 e. The Kier molecular flexibility index (Phi) is 16.0. The average molecular weight is 490 g/mol. The summed E-state index contributed by atoms with van der Waals surface area (Å²) in [6.45, 7) is 5.50.